The van der Waals surface area contributed by atoms with E-state index < -0.39 is 0 Å². The maximum Gasteiger partial charge on any atom is 0.106 e. The fourth-order valence-corrected chi connectivity index (χ4v) is 0.534. The standard InChI is InChI=1S/C9H16O.C3H6O.CH2O/c1-8(6-5-7-10)9(2,3)4;1-3-2-4-3;1-2/h5-7,10H,1-4H3;3H,2H2,1H3;1H2/b7-5+,8-6+;;. The first-order chi connectivity index (χ1) is 7.38. The average Bonchev–Trinajstić information content (AvgIpc) is 2.99. The van der Waals surface area contributed by atoms with E-state index in [1.54, 1.807) is 6.08 Å². The van der Waals surface area contributed by atoms with Gasteiger partial charge in [0.15, 0.2) is 0 Å². The zero-order chi connectivity index (χ0) is 13.2. The first-order valence-electron chi connectivity index (χ1n) is 5.26. The number of aliphatic hydroxyl groups excluding tert-OH is 1. The molecule has 1 N–H and O–H groups in total. The van der Waals surface area contributed by atoms with E-state index in [1.807, 2.05) is 12.9 Å². The Morgan fingerprint density at radius 1 is 1.44 bits per heavy atom. The zero-order valence-electron chi connectivity index (χ0n) is 11.0. The number of carbonyl (C=O) groups excluding carboxylic acids is 1. The van der Waals surface area contributed by atoms with Gasteiger partial charge in [0, 0.05) is 0 Å². The summed E-state index contributed by atoms with van der Waals surface area (Å²) in [5.41, 5.74) is 1.47. The minimum absolute atomic E-state index is 0.208. The molecule has 0 amide bonds. The van der Waals surface area contributed by atoms with Gasteiger partial charge >= 0.3 is 0 Å². The van der Waals surface area contributed by atoms with Gasteiger partial charge in [0.05, 0.1) is 19.0 Å². The number of carbonyl (C=O) groups is 1. The van der Waals surface area contributed by atoms with E-state index in [4.69, 9.17) is 14.6 Å². The van der Waals surface area contributed by atoms with E-state index >= 15 is 0 Å². The van der Waals surface area contributed by atoms with Crippen LogP contribution in [-0.2, 0) is 9.53 Å². The zero-order valence-corrected chi connectivity index (χ0v) is 11.0. The topological polar surface area (TPSA) is 49.8 Å². The highest BCUT2D eigenvalue weighted by atomic mass is 16.6. The van der Waals surface area contributed by atoms with Gasteiger partial charge < -0.3 is 14.6 Å². The van der Waals surface area contributed by atoms with Gasteiger partial charge in [0.25, 0.3) is 0 Å². The monoisotopic (exact) mass is 228 g/mol. The lowest BCUT2D eigenvalue weighted by atomic mass is 9.87. The van der Waals surface area contributed by atoms with Crippen LogP contribution in [0.5, 0.6) is 0 Å². The van der Waals surface area contributed by atoms with Crippen LogP contribution in [0.1, 0.15) is 34.6 Å². The Balaban J connectivity index is 0. The molecule has 0 bridgehead atoms. The van der Waals surface area contributed by atoms with E-state index in [1.165, 1.54) is 5.57 Å². The number of hydrogen-bond acceptors (Lipinski definition) is 3. The van der Waals surface area contributed by atoms with Crippen molar-refractivity contribution >= 4 is 6.79 Å². The van der Waals surface area contributed by atoms with Gasteiger partial charge in [0.2, 0.25) is 0 Å². The Morgan fingerprint density at radius 2 is 1.81 bits per heavy atom. The minimum Gasteiger partial charge on any atom is -0.516 e. The number of hydrogen-bond donors (Lipinski definition) is 1. The molecule has 16 heavy (non-hydrogen) atoms. The van der Waals surface area contributed by atoms with Gasteiger partial charge in [-0.15, -0.1) is 0 Å². The highest BCUT2D eigenvalue weighted by Gasteiger charge is 2.13. The molecule has 0 aliphatic carbocycles. The molecule has 0 aromatic heterocycles. The summed E-state index contributed by atoms with van der Waals surface area (Å²) in [4.78, 5) is 8.00. The van der Waals surface area contributed by atoms with Crippen molar-refractivity contribution < 1.29 is 14.6 Å². The lowest BCUT2D eigenvalue weighted by molar-refractivity contribution is -0.0979. The number of rotatable bonds is 1. The molecule has 0 aromatic rings. The SMILES string of the molecule is C/C(=C\C=C\O)C(C)(C)C.C=O.CC1CO1. The van der Waals surface area contributed by atoms with Gasteiger partial charge in [0.1, 0.15) is 6.79 Å². The van der Waals surface area contributed by atoms with Crippen molar-refractivity contribution in [2.45, 2.75) is 40.7 Å². The summed E-state index contributed by atoms with van der Waals surface area (Å²) >= 11 is 0. The summed E-state index contributed by atoms with van der Waals surface area (Å²) in [6, 6.07) is 0. The summed E-state index contributed by atoms with van der Waals surface area (Å²) in [7, 11) is 0. The van der Waals surface area contributed by atoms with Gasteiger partial charge in [-0.3, -0.25) is 0 Å². The molecule has 1 aliphatic rings. The number of aliphatic hydroxyl groups is 1. The second kappa shape index (κ2) is 9.16. The third-order valence-electron chi connectivity index (χ3n) is 2.12. The van der Waals surface area contributed by atoms with Crippen molar-refractivity contribution in [1.82, 2.24) is 0 Å². The van der Waals surface area contributed by atoms with E-state index in [-0.39, 0.29) is 5.41 Å². The summed E-state index contributed by atoms with van der Waals surface area (Å²) in [6.07, 6.45) is 5.19. The summed E-state index contributed by atoms with van der Waals surface area (Å²) in [5.74, 6) is 0. The number of allylic oxidation sites excluding steroid dienone is 3. The van der Waals surface area contributed by atoms with Crippen LogP contribution < -0.4 is 0 Å². The van der Waals surface area contributed by atoms with Crippen molar-refractivity contribution in [3.05, 3.63) is 24.0 Å². The molecule has 3 heteroatoms. The third kappa shape index (κ3) is 12.9. The maximum absolute atomic E-state index is 8.36. The van der Waals surface area contributed by atoms with E-state index in [2.05, 4.69) is 34.6 Å². The van der Waals surface area contributed by atoms with Crippen LogP contribution in [0.25, 0.3) is 0 Å². The van der Waals surface area contributed by atoms with Gasteiger partial charge in [-0.2, -0.15) is 0 Å². The number of ether oxygens (including phenoxy) is 1. The molecule has 0 aromatic carbocycles. The quantitative estimate of drug-likeness (QED) is 0.425. The van der Waals surface area contributed by atoms with Gasteiger partial charge in [-0.1, -0.05) is 32.4 Å². The van der Waals surface area contributed by atoms with Crippen LogP contribution in [0.3, 0.4) is 0 Å². The predicted octanol–water partition coefficient (Wildman–Crippen LogP) is 3.27. The first-order valence-corrected chi connectivity index (χ1v) is 5.26. The molecule has 0 radical (unpaired) electrons. The summed E-state index contributed by atoms with van der Waals surface area (Å²) in [5, 5.41) is 8.36. The normalized spacial score (nSPS) is 19.3. The summed E-state index contributed by atoms with van der Waals surface area (Å²) in [6.45, 7) is 13.5. The Bertz CT molecular complexity index is 220. The van der Waals surface area contributed by atoms with Crippen molar-refractivity contribution in [3.8, 4) is 0 Å². The largest absolute Gasteiger partial charge is 0.516 e. The Hall–Kier alpha value is -1.09. The van der Waals surface area contributed by atoms with Crippen LogP contribution >= 0.6 is 0 Å². The van der Waals surface area contributed by atoms with E-state index in [0.29, 0.717) is 6.10 Å². The molecule has 0 saturated carbocycles. The molecule has 1 aliphatic heterocycles. The molecule has 1 heterocycles. The molecule has 1 rings (SSSR count). The molecule has 1 unspecified atom stereocenters. The molecule has 3 nitrogen and oxygen atoms in total. The lowest BCUT2D eigenvalue weighted by Crippen LogP contribution is -2.05. The molecule has 0 spiro atoms. The van der Waals surface area contributed by atoms with Gasteiger partial charge in [-0.05, 0) is 25.3 Å². The Morgan fingerprint density at radius 3 is 2.00 bits per heavy atom. The van der Waals surface area contributed by atoms with Gasteiger partial charge in [-0.25, -0.2) is 0 Å². The second-order valence-corrected chi connectivity index (χ2v) is 4.59. The maximum atomic E-state index is 8.36. The molecule has 1 atom stereocenters. The fourth-order valence-electron chi connectivity index (χ4n) is 0.534. The Labute approximate surface area is 98.8 Å². The summed E-state index contributed by atoms with van der Waals surface area (Å²) < 4.78 is 4.71. The first kappa shape index (κ1) is 17.3. The van der Waals surface area contributed by atoms with Crippen LogP contribution in [-0.4, -0.2) is 24.6 Å². The molecule has 1 saturated heterocycles. The average molecular weight is 228 g/mol. The highest BCUT2D eigenvalue weighted by molar-refractivity contribution is 5.14. The van der Waals surface area contributed by atoms with Crippen LogP contribution in [0.4, 0.5) is 0 Å². The van der Waals surface area contributed by atoms with Crippen molar-refractivity contribution in [3.63, 3.8) is 0 Å². The smallest absolute Gasteiger partial charge is 0.106 e. The molecule has 94 valence electrons. The number of epoxide rings is 1. The molecular weight excluding hydrogens is 204 g/mol. The molecular formula is C13H24O3. The fraction of sp³-hybridized carbons (Fsp3) is 0.615. The van der Waals surface area contributed by atoms with Crippen molar-refractivity contribution in [2.75, 3.05) is 6.61 Å². The van der Waals surface area contributed by atoms with Crippen LogP contribution in [0.15, 0.2) is 24.0 Å². The van der Waals surface area contributed by atoms with E-state index in [9.17, 15) is 0 Å². The van der Waals surface area contributed by atoms with Crippen molar-refractivity contribution in [2.24, 2.45) is 5.41 Å². The predicted molar refractivity (Wildman–Crippen MR) is 67.5 cm³/mol. The Kier molecular flexibility index (Phi) is 9.91. The third-order valence-corrected chi connectivity index (χ3v) is 2.12. The lowest BCUT2D eigenvalue weighted by Gasteiger charge is -2.18. The van der Waals surface area contributed by atoms with E-state index in [0.717, 1.165) is 12.9 Å². The van der Waals surface area contributed by atoms with Crippen molar-refractivity contribution in [1.29, 1.82) is 0 Å². The molecule has 1 fully saturated rings. The minimum atomic E-state index is 0.208. The highest BCUT2D eigenvalue weighted by Crippen LogP contribution is 2.23. The van der Waals surface area contributed by atoms with Crippen LogP contribution in [0.2, 0.25) is 0 Å². The van der Waals surface area contributed by atoms with Crippen LogP contribution in [0, 0.1) is 5.41 Å². The second-order valence-electron chi connectivity index (χ2n) is 4.59.